The van der Waals surface area contributed by atoms with E-state index >= 15 is 0 Å². The lowest BCUT2D eigenvalue weighted by Gasteiger charge is -2.39. The van der Waals surface area contributed by atoms with E-state index in [1.165, 1.54) is 6.07 Å². The van der Waals surface area contributed by atoms with E-state index < -0.39 is 61.8 Å². The molecule has 6 unspecified atom stereocenters. The number of hydrogen-bond acceptors (Lipinski definition) is 9. The standard InChI is InChI=1S/C26H36O11/c1-13(6-20-18(28)4-3-14(2)36-20)5-16-7-15(9-23(29)30)8-17(25(16)33)19-10-21(35-12-24(31)32)26(34)22(11-27)37-19/h7-8,14,18-22,26-28,33-34H,1,3-6,9-12H2,2H3,(H,29,30)(H,31,32)/t14-,18?,19?,20?,21?,22?,26?/m0/s1. The van der Waals surface area contributed by atoms with Gasteiger partial charge < -0.3 is 44.8 Å². The molecule has 2 aliphatic rings. The summed E-state index contributed by atoms with van der Waals surface area (Å²) in [4.78, 5) is 22.4. The second kappa shape index (κ2) is 12.8. The van der Waals surface area contributed by atoms with Gasteiger partial charge in [0.1, 0.15) is 24.6 Å². The van der Waals surface area contributed by atoms with E-state index in [2.05, 4.69) is 6.58 Å². The van der Waals surface area contributed by atoms with E-state index in [1.807, 2.05) is 6.92 Å². The molecule has 7 atom stereocenters. The Kier molecular flexibility index (Phi) is 10.0. The molecule has 0 radical (unpaired) electrons. The fourth-order valence-corrected chi connectivity index (χ4v) is 4.94. The summed E-state index contributed by atoms with van der Waals surface area (Å²) in [5.74, 6) is -2.47. The maximum atomic E-state index is 11.4. The van der Waals surface area contributed by atoms with Gasteiger partial charge in [0, 0.05) is 12.0 Å². The first kappa shape index (κ1) is 29.0. The smallest absolute Gasteiger partial charge is 0.329 e. The van der Waals surface area contributed by atoms with Crippen molar-refractivity contribution < 1.29 is 54.4 Å². The van der Waals surface area contributed by atoms with Crippen LogP contribution >= 0.6 is 0 Å². The maximum absolute atomic E-state index is 11.4. The average Bonchev–Trinajstić information content (AvgIpc) is 2.82. The van der Waals surface area contributed by atoms with Crippen LogP contribution in [0.5, 0.6) is 5.75 Å². The molecule has 0 aromatic heterocycles. The lowest BCUT2D eigenvalue weighted by molar-refractivity contribution is -0.198. The average molecular weight is 525 g/mol. The van der Waals surface area contributed by atoms with Crippen molar-refractivity contribution in [2.24, 2.45) is 0 Å². The van der Waals surface area contributed by atoms with E-state index in [1.54, 1.807) is 6.07 Å². The molecule has 0 aliphatic carbocycles. The molecule has 0 saturated carbocycles. The van der Waals surface area contributed by atoms with Crippen LogP contribution in [0, 0.1) is 0 Å². The Morgan fingerprint density at radius 3 is 2.46 bits per heavy atom. The molecule has 0 bridgehead atoms. The number of carboxylic acids is 2. The third-order valence-electron chi connectivity index (χ3n) is 6.76. The van der Waals surface area contributed by atoms with Crippen LogP contribution < -0.4 is 0 Å². The number of aliphatic carboxylic acids is 2. The van der Waals surface area contributed by atoms with Crippen molar-refractivity contribution >= 4 is 11.9 Å². The van der Waals surface area contributed by atoms with Gasteiger partial charge in [-0.3, -0.25) is 4.79 Å². The van der Waals surface area contributed by atoms with E-state index in [-0.39, 0.29) is 36.7 Å². The molecule has 2 saturated heterocycles. The number of ether oxygens (including phenoxy) is 3. The highest BCUT2D eigenvalue weighted by molar-refractivity contribution is 5.71. The molecule has 6 N–H and O–H groups in total. The van der Waals surface area contributed by atoms with Crippen LogP contribution in [0.4, 0.5) is 0 Å². The van der Waals surface area contributed by atoms with Gasteiger partial charge in [0.05, 0.1) is 43.5 Å². The molecule has 3 rings (SSSR count). The van der Waals surface area contributed by atoms with Crippen LogP contribution in [-0.2, 0) is 36.6 Å². The van der Waals surface area contributed by atoms with Crippen molar-refractivity contribution in [3.05, 3.63) is 41.0 Å². The molecule has 0 spiro atoms. The summed E-state index contributed by atoms with van der Waals surface area (Å²) in [6.45, 7) is 4.76. The fourth-order valence-electron chi connectivity index (χ4n) is 4.94. The summed E-state index contributed by atoms with van der Waals surface area (Å²) in [5, 5.41) is 59.9. The van der Waals surface area contributed by atoms with E-state index in [0.29, 0.717) is 29.5 Å². The Bertz CT molecular complexity index is 978. The fraction of sp³-hybridized carbons (Fsp3) is 0.615. The molecular weight excluding hydrogens is 488 g/mol. The number of phenolic OH excluding ortho intramolecular Hbond substituents is 1. The number of aliphatic hydroxyl groups is 3. The van der Waals surface area contributed by atoms with Crippen molar-refractivity contribution in [1.82, 2.24) is 0 Å². The predicted octanol–water partition coefficient (Wildman–Crippen LogP) is 1.09. The number of phenols is 1. The van der Waals surface area contributed by atoms with Gasteiger partial charge in [-0.2, -0.15) is 0 Å². The van der Waals surface area contributed by atoms with Crippen LogP contribution in [0.3, 0.4) is 0 Å². The largest absolute Gasteiger partial charge is 0.507 e. The molecular formula is C26H36O11. The highest BCUT2D eigenvalue weighted by Gasteiger charge is 2.40. The first-order chi connectivity index (χ1) is 17.5. The molecule has 11 heteroatoms. The normalized spacial score (nSPS) is 30.1. The second-order valence-electron chi connectivity index (χ2n) is 9.84. The van der Waals surface area contributed by atoms with Crippen molar-refractivity contribution in [2.75, 3.05) is 13.2 Å². The van der Waals surface area contributed by atoms with Gasteiger partial charge in [-0.1, -0.05) is 18.2 Å². The number of rotatable bonds is 11. The summed E-state index contributed by atoms with van der Waals surface area (Å²) >= 11 is 0. The number of carbonyl (C=O) groups is 2. The summed E-state index contributed by atoms with van der Waals surface area (Å²) in [6.07, 6.45) is -3.81. The number of benzene rings is 1. The van der Waals surface area contributed by atoms with E-state index in [4.69, 9.17) is 19.3 Å². The van der Waals surface area contributed by atoms with Gasteiger partial charge in [0.2, 0.25) is 0 Å². The lowest BCUT2D eigenvalue weighted by atomic mass is 9.88. The summed E-state index contributed by atoms with van der Waals surface area (Å²) in [6, 6.07) is 3.05. The van der Waals surface area contributed by atoms with Gasteiger partial charge in [-0.25, -0.2) is 4.79 Å². The third kappa shape index (κ3) is 7.73. The first-order valence-electron chi connectivity index (χ1n) is 12.3. The zero-order chi connectivity index (χ0) is 27.3. The SMILES string of the molecule is C=C(Cc1cc(CC(=O)O)cc(C2CC(OCC(=O)O)C(O)C(CO)O2)c1O)CC1O[C@@H](C)CCC1O. The zero-order valence-electron chi connectivity index (χ0n) is 20.8. The molecule has 2 fully saturated rings. The minimum absolute atomic E-state index is 0.00895. The van der Waals surface area contributed by atoms with Gasteiger partial charge >= 0.3 is 11.9 Å². The third-order valence-corrected chi connectivity index (χ3v) is 6.76. The van der Waals surface area contributed by atoms with Crippen LogP contribution in [0.2, 0.25) is 0 Å². The zero-order valence-corrected chi connectivity index (χ0v) is 20.8. The van der Waals surface area contributed by atoms with Crippen LogP contribution in [0.1, 0.15) is 55.4 Å². The van der Waals surface area contributed by atoms with Crippen molar-refractivity contribution in [3.8, 4) is 5.75 Å². The van der Waals surface area contributed by atoms with Gasteiger partial charge in [0.25, 0.3) is 0 Å². The van der Waals surface area contributed by atoms with E-state index in [9.17, 15) is 35.1 Å². The molecule has 2 aliphatic heterocycles. The lowest BCUT2D eigenvalue weighted by Crippen LogP contribution is -2.49. The second-order valence-corrected chi connectivity index (χ2v) is 9.84. The molecule has 206 valence electrons. The molecule has 1 aromatic rings. The van der Waals surface area contributed by atoms with Crippen molar-refractivity contribution in [1.29, 1.82) is 0 Å². The van der Waals surface area contributed by atoms with Crippen LogP contribution in [-0.4, -0.2) is 92.4 Å². The Morgan fingerprint density at radius 2 is 1.81 bits per heavy atom. The number of carboxylic acid groups (broad SMARTS) is 2. The first-order valence-corrected chi connectivity index (χ1v) is 12.3. The summed E-state index contributed by atoms with van der Waals surface area (Å²) in [5.41, 5.74) is 1.69. The Balaban J connectivity index is 1.87. The van der Waals surface area contributed by atoms with E-state index in [0.717, 1.165) is 6.42 Å². The Labute approximate surface area is 214 Å². The quantitative estimate of drug-likeness (QED) is 0.228. The van der Waals surface area contributed by atoms with Gasteiger partial charge in [0.15, 0.2) is 0 Å². The maximum Gasteiger partial charge on any atom is 0.329 e. The molecule has 1 aromatic carbocycles. The Morgan fingerprint density at radius 1 is 1.08 bits per heavy atom. The topological polar surface area (TPSA) is 183 Å². The van der Waals surface area contributed by atoms with Crippen LogP contribution in [0.15, 0.2) is 24.3 Å². The molecule has 2 heterocycles. The monoisotopic (exact) mass is 524 g/mol. The minimum atomic E-state index is -1.30. The van der Waals surface area contributed by atoms with Gasteiger partial charge in [-0.05, 0) is 49.8 Å². The molecule has 0 amide bonds. The predicted molar refractivity (Wildman–Crippen MR) is 129 cm³/mol. The summed E-state index contributed by atoms with van der Waals surface area (Å²) < 4.78 is 17.0. The number of aromatic hydroxyl groups is 1. The number of hydrogen-bond donors (Lipinski definition) is 6. The Hall–Kier alpha value is -2.54. The van der Waals surface area contributed by atoms with Crippen molar-refractivity contribution in [2.45, 2.75) is 88.2 Å². The molecule has 37 heavy (non-hydrogen) atoms. The van der Waals surface area contributed by atoms with Crippen molar-refractivity contribution in [3.63, 3.8) is 0 Å². The van der Waals surface area contributed by atoms with Gasteiger partial charge in [-0.15, -0.1) is 0 Å². The minimum Gasteiger partial charge on any atom is -0.507 e. The highest BCUT2D eigenvalue weighted by Crippen LogP contribution is 2.40. The highest BCUT2D eigenvalue weighted by atomic mass is 16.6. The number of aliphatic hydroxyl groups excluding tert-OH is 3. The van der Waals surface area contributed by atoms with Crippen LogP contribution in [0.25, 0.3) is 0 Å². The summed E-state index contributed by atoms with van der Waals surface area (Å²) in [7, 11) is 0. The molecule has 11 nitrogen and oxygen atoms in total.